The van der Waals surface area contributed by atoms with E-state index in [-0.39, 0.29) is 55.0 Å². The second-order valence-electron chi connectivity index (χ2n) is 7.20. The van der Waals surface area contributed by atoms with Crippen LogP contribution in [0.5, 0.6) is 0 Å². The number of carbonyl (C=O) groups excluding carboxylic acids is 1. The Kier molecular flexibility index (Phi) is 10.4. The van der Waals surface area contributed by atoms with Gasteiger partial charge in [0.15, 0.2) is 17.0 Å². The molecule has 35 heavy (non-hydrogen) atoms. The van der Waals surface area contributed by atoms with E-state index >= 15 is 0 Å². The number of nitrogen functional groups attached to an aromatic ring is 2. The van der Waals surface area contributed by atoms with Crippen LogP contribution in [0.25, 0.3) is 11.2 Å². The number of nitrogens with one attached hydrogen (secondary N) is 1. The van der Waals surface area contributed by atoms with Crippen LogP contribution < -0.4 is 21.7 Å². The number of fused-ring (bicyclic) bond motifs is 1. The topological polar surface area (TPSA) is 211 Å². The molecule has 0 radical (unpaired) electrons. The highest BCUT2D eigenvalue weighted by molar-refractivity contribution is 5.97. The van der Waals surface area contributed by atoms with Crippen molar-refractivity contribution in [2.45, 2.75) is 25.4 Å². The van der Waals surface area contributed by atoms with Gasteiger partial charge in [0, 0.05) is 24.7 Å². The fraction of sp³-hybridized carbons (Fsp3) is 0.250. The number of carboxylic acid groups (broad SMARTS) is 2. The Morgan fingerprint density at radius 3 is 2.31 bits per heavy atom. The molecule has 15 heteroatoms. The van der Waals surface area contributed by atoms with Gasteiger partial charge < -0.3 is 31.9 Å². The summed E-state index contributed by atoms with van der Waals surface area (Å²) in [5.41, 5.74) is 13.7. The number of aromatic nitrogens is 4. The van der Waals surface area contributed by atoms with Gasteiger partial charge in [-0.2, -0.15) is 9.97 Å². The molecule has 0 saturated carbocycles. The number of nitrogens with two attached hydrogens (primary N) is 2. The minimum absolute atomic E-state index is 0. The minimum atomic E-state index is -1.30. The van der Waals surface area contributed by atoms with Gasteiger partial charge >= 0.3 is 11.9 Å². The first-order valence-corrected chi connectivity index (χ1v) is 9.75. The lowest BCUT2D eigenvalue weighted by Crippen LogP contribution is -2.41. The molecule has 13 nitrogen and oxygen atoms in total. The summed E-state index contributed by atoms with van der Waals surface area (Å²) in [6, 6.07) is 5.16. The number of hydrogen-bond donors (Lipinski definition) is 5. The van der Waals surface area contributed by atoms with E-state index < -0.39 is 23.9 Å². The average Bonchev–Trinajstić information content (AvgIpc) is 2.76. The molecule has 0 aliphatic heterocycles. The Balaban J connectivity index is 0.00000306. The lowest BCUT2D eigenvalue weighted by molar-refractivity contribution is -0.140. The molecule has 0 spiro atoms. The highest BCUT2D eigenvalue weighted by atomic mass is 35.5. The standard InChI is InChI=1S/C20H22N8O5.2ClH/c1-28(9-11-8-23-17-15(24-11)16(21)26-20(22)27-17)12-4-2-10(3-5-12)18(31)25-13(19(32)33)6-7-14(29)30;;/h2-5,8,13H,6-7,9H2,1H3,(H,25,31)(H,29,30)(H,32,33)(H4,21,22,23,26,27);2*1H. The van der Waals surface area contributed by atoms with E-state index in [0.29, 0.717) is 23.4 Å². The van der Waals surface area contributed by atoms with Crippen molar-refractivity contribution in [3.63, 3.8) is 0 Å². The lowest BCUT2D eigenvalue weighted by Gasteiger charge is -2.19. The van der Waals surface area contributed by atoms with Crippen molar-refractivity contribution in [2.75, 3.05) is 23.4 Å². The maximum absolute atomic E-state index is 12.4. The van der Waals surface area contributed by atoms with E-state index in [4.69, 9.17) is 16.6 Å². The van der Waals surface area contributed by atoms with Gasteiger partial charge in [0.05, 0.1) is 18.4 Å². The van der Waals surface area contributed by atoms with Gasteiger partial charge in [0.25, 0.3) is 5.91 Å². The van der Waals surface area contributed by atoms with Crippen LogP contribution in [0, 0.1) is 0 Å². The van der Waals surface area contributed by atoms with Crippen LogP contribution >= 0.6 is 24.8 Å². The van der Waals surface area contributed by atoms with Gasteiger partial charge in [0.1, 0.15) is 6.04 Å². The number of anilines is 3. The first-order valence-electron chi connectivity index (χ1n) is 9.75. The van der Waals surface area contributed by atoms with Crippen LogP contribution in [0.3, 0.4) is 0 Å². The third-order valence-electron chi connectivity index (χ3n) is 4.72. The van der Waals surface area contributed by atoms with E-state index in [1.54, 1.807) is 18.3 Å². The average molecular weight is 527 g/mol. The van der Waals surface area contributed by atoms with Crippen LogP contribution in [-0.2, 0) is 16.1 Å². The molecule has 0 bridgehead atoms. The van der Waals surface area contributed by atoms with Crippen molar-refractivity contribution in [1.82, 2.24) is 25.3 Å². The van der Waals surface area contributed by atoms with E-state index in [0.717, 1.165) is 5.69 Å². The highest BCUT2D eigenvalue weighted by Gasteiger charge is 2.21. The molecular formula is C20H24Cl2N8O5. The van der Waals surface area contributed by atoms with Crippen LogP contribution in [0.2, 0.25) is 0 Å². The Bertz CT molecular complexity index is 1210. The summed E-state index contributed by atoms with van der Waals surface area (Å²) in [6.45, 7) is 0.370. The third kappa shape index (κ3) is 7.52. The Labute approximate surface area is 211 Å². The number of carboxylic acids is 2. The van der Waals surface area contributed by atoms with Crippen LogP contribution in [-0.4, -0.2) is 61.1 Å². The second kappa shape index (κ2) is 12.5. The number of benzene rings is 1. The summed E-state index contributed by atoms with van der Waals surface area (Å²) < 4.78 is 0. The quantitative estimate of drug-likeness (QED) is 0.265. The number of carbonyl (C=O) groups is 3. The molecule has 1 unspecified atom stereocenters. The monoisotopic (exact) mass is 526 g/mol. The number of aliphatic carboxylic acids is 2. The van der Waals surface area contributed by atoms with Gasteiger partial charge in [-0.25, -0.2) is 14.8 Å². The number of halogens is 2. The Hall–Kier alpha value is -3.97. The van der Waals surface area contributed by atoms with E-state index in [1.165, 1.54) is 12.1 Å². The summed E-state index contributed by atoms with van der Waals surface area (Å²) in [5, 5.41) is 20.2. The summed E-state index contributed by atoms with van der Waals surface area (Å²) in [4.78, 5) is 52.7. The third-order valence-corrected chi connectivity index (χ3v) is 4.72. The van der Waals surface area contributed by atoms with Crippen molar-refractivity contribution >= 4 is 71.3 Å². The zero-order valence-electron chi connectivity index (χ0n) is 18.4. The predicted molar refractivity (Wildman–Crippen MR) is 133 cm³/mol. The van der Waals surface area contributed by atoms with Crippen LogP contribution in [0.4, 0.5) is 17.5 Å². The molecule has 0 saturated heterocycles. The van der Waals surface area contributed by atoms with Crippen LogP contribution in [0.15, 0.2) is 30.5 Å². The molecule has 1 aromatic carbocycles. The molecular weight excluding hydrogens is 503 g/mol. The van der Waals surface area contributed by atoms with Crippen molar-refractivity contribution < 1.29 is 24.6 Å². The van der Waals surface area contributed by atoms with Crippen molar-refractivity contribution in [2.24, 2.45) is 0 Å². The fourth-order valence-electron chi connectivity index (χ4n) is 3.03. The maximum Gasteiger partial charge on any atom is 0.326 e. The van der Waals surface area contributed by atoms with Gasteiger partial charge in [-0.15, -0.1) is 24.8 Å². The van der Waals surface area contributed by atoms with E-state index in [2.05, 4.69) is 25.3 Å². The van der Waals surface area contributed by atoms with Crippen molar-refractivity contribution in [3.8, 4) is 0 Å². The molecule has 0 aliphatic rings. The summed E-state index contributed by atoms with van der Waals surface area (Å²) in [5.74, 6) is -2.91. The van der Waals surface area contributed by atoms with Crippen LogP contribution in [0.1, 0.15) is 28.9 Å². The first-order chi connectivity index (χ1) is 15.6. The molecule has 2 heterocycles. The molecule has 0 aliphatic carbocycles. The summed E-state index contributed by atoms with van der Waals surface area (Å²) in [6.07, 6.45) is 0.964. The van der Waals surface area contributed by atoms with Crippen molar-refractivity contribution in [3.05, 3.63) is 41.7 Å². The molecule has 1 atom stereocenters. The molecule has 0 fully saturated rings. The molecule has 1 amide bonds. The van der Waals surface area contributed by atoms with Gasteiger partial charge in [0.2, 0.25) is 5.95 Å². The zero-order valence-corrected chi connectivity index (χ0v) is 20.0. The molecule has 3 aromatic rings. The Morgan fingerprint density at radius 1 is 1.06 bits per heavy atom. The first kappa shape index (κ1) is 29.1. The lowest BCUT2D eigenvalue weighted by atomic mass is 10.1. The second-order valence-corrected chi connectivity index (χ2v) is 7.20. The molecule has 2 aromatic heterocycles. The fourth-order valence-corrected chi connectivity index (χ4v) is 3.03. The van der Waals surface area contributed by atoms with Gasteiger partial charge in [-0.3, -0.25) is 9.59 Å². The largest absolute Gasteiger partial charge is 0.481 e. The van der Waals surface area contributed by atoms with Crippen molar-refractivity contribution in [1.29, 1.82) is 0 Å². The molecule has 188 valence electrons. The SMILES string of the molecule is CN(Cc1cnc2nc(N)nc(N)c2n1)c1ccc(C(=O)NC(CCC(=O)O)C(=O)O)cc1.Cl.Cl. The van der Waals surface area contributed by atoms with Gasteiger partial charge in [-0.1, -0.05) is 0 Å². The molecule has 3 rings (SSSR count). The number of rotatable bonds is 9. The number of nitrogens with zero attached hydrogens (tertiary/aromatic N) is 5. The summed E-state index contributed by atoms with van der Waals surface area (Å²) in [7, 11) is 1.82. The highest BCUT2D eigenvalue weighted by Crippen LogP contribution is 2.19. The summed E-state index contributed by atoms with van der Waals surface area (Å²) >= 11 is 0. The molecule has 7 N–H and O–H groups in total. The van der Waals surface area contributed by atoms with E-state index in [1.807, 2.05) is 11.9 Å². The smallest absolute Gasteiger partial charge is 0.326 e. The number of amides is 1. The zero-order chi connectivity index (χ0) is 24.1. The minimum Gasteiger partial charge on any atom is -0.481 e. The normalized spacial score (nSPS) is 11.0. The number of hydrogen-bond acceptors (Lipinski definition) is 10. The predicted octanol–water partition coefficient (Wildman–Crippen LogP) is 1.11. The van der Waals surface area contributed by atoms with E-state index in [9.17, 15) is 19.5 Å². The van der Waals surface area contributed by atoms with Gasteiger partial charge in [-0.05, 0) is 30.7 Å². The maximum atomic E-state index is 12.4. The Morgan fingerprint density at radius 2 is 1.71 bits per heavy atom.